The summed E-state index contributed by atoms with van der Waals surface area (Å²) in [4.78, 5) is 31.3. The van der Waals surface area contributed by atoms with E-state index in [1.807, 2.05) is 30.3 Å². The molecule has 0 saturated carbocycles. The Morgan fingerprint density at radius 1 is 1.30 bits per heavy atom. The van der Waals surface area contributed by atoms with Gasteiger partial charge in [-0.1, -0.05) is 30.0 Å². The van der Waals surface area contributed by atoms with E-state index in [2.05, 4.69) is 15.1 Å². The first-order valence-electron chi connectivity index (χ1n) is 7.98. The van der Waals surface area contributed by atoms with Crippen LogP contribution in [0.15, 0.2) is 63.2 Å². The van der Waals surface area contributed by atoms with E-state index >= 15 is 0 Å². The first kappa shape index (κ1) is 17.1. The average molecular weight is 382 g/mol. The molecule has 0 saturated heterocycles. The van der Waals surface area contributed by atoms with Crippen LogP contribution in [0.3, 0.4) is 0 Å². The minimum Gasteiger partial charge on any atom is -0.463 e. The normalized spacial score (nSPS) is 11.0. The third kappa shape index (κ3) is 3.24. The average Bonchev–Trinajstić information content (AvgIpc) is 3.33. The molecule has 0 spiro atoms. The van der Waals surface area contributed by atoms with Gasteiger partial charge in [0.15, 0.2) is 10.8 Å². The van der Waals surface area contributed by atoms with Crippen LogP contribution in [0.4, 0.5) is 0 Å². The van der Waals surface area contributed by atoms with Crippen LogP contribution in [0.25, 0.3) is 16.7 Å². The summed E-state index contributed by atoms with van der Waals surface area (Å²) < 4.78 is 11.5. The molecule has 0 aliphatic heterocycles. The molecule has 4 rings (SSSR count). The lowest BCUT2D eigenvalue weighted by molar-refractivity contribution is 0.0564. The van der Waals surface area contributed by atoms with E-state index in [0.29, 0.717) is 27.5 Å². The Bertz CT molecular complexity index is 1160. The van der Waals surface area contributed by atoms with Crippen LogP contribution < -0.4 is 5.56 Å². The van der Waals surface area contributed by atoms with Crippen molar-refractivity contribution in [3.05, 3.63) is 70.5 Å². The second-order valence-corrected chi connectivity index (χ2v) is 6.52. The van der Waals surface area contributed by atoms with Gasteiger partial charge in [-0.25, -0.2) is 14.5 Å². The Hall–Kier alpha value is -3.33. The molecule has 1 aromatic carbocycles. The standard InChI is InChI=1S/C18H14N4O4S/c1-25-17(24)14-11(7-8-26-14)10-27-18-20-15-13(16(23)21-18)9-19-22(15)12-5-3-2-4-6-12/h2-9H,10H2,1H3,(H,20,21,23). The number of H-pyrrole nitrogens is 1. The van der Waals surface area contributed by atoms with Gasteiger partial charge in [-0.15, -0.1) is 0 Å². The number of ether oxygens (including phenoxy) is 1. The summed E-state index contributed by atoms with van der Waals surface area (Å²) in [5.41, 5.74) is 1.66. The third-order valence-electron chi connectivity index (χ3n) is 3.90. The molecule has 0 fully saturated rings. The van der Waals surface area contributed by atoms with Crippen molar-refractivity contribution in [1.82, 2.24) is 19.7 Å². The van der Waals surface area contributed by atoms with E-state index in [0.717, 1.165) is 5.69 Å². The molecule has 0 atom stereocenters. The highest BCUT2D eigenvalue weighted by Crippen LogP contribution is 2.24. The second-order valence-electron chi connectivity index (χ2n) is 5.56. The number of rotatable bonds is 5. The summed E-state index contributed by atoms with van der Waals surface area (Å²) in [6.07, 6.45) is 2.92. The summed E-state index contributed by atoms with van der Waals surface area (Å²) in [6, 6.07) is 11.1. The number of carbonyl (C=O) groups excluding carboxylic acids is 1. The Labute approximate surface area is 157 Å². The molecule has 0 aliphatic carbocycles. The highest BCUT2D eigenvalue weighted by atomic mass is 32.2. The molecule has 3 aromatic heterocycles. The molecule has 0 aliphatic rings. The van der Waals surface area contributed by atoms with Crippen molar-refractivity contribution in [3.63, 3.8) is 0 Å². The van der Waals surface area contributed by atoms with Gasteiger partial charge in [-0.3, -0.25) is 4.79 Å². The fourth-order valence-electron chi connectivity index (χ4n) is 2.59. The third-order valence-corrected chi connectivity index (χ3v) is 4.82. The fourth-order valence-corrected chi connectivity index (χ4v) is 3.43. The molecular weight excluding hydrogens is 368 g/mol. The van der Waals surface area contributed by atoms with E-state index in [1.165, 1.54) is 31.3 Å². The molecule has 1 N–H and O–H groups in total. The van der Waals surface area contributed by atoms with Gasteiger partial charge in [0.05, 0.1) is 25.3 Å². The summed E-state index contributed by atoms with van der Waals surface area (Å²) >= 11 is 1.28. The number of aromatic amines is 1. The van der Waals surface area contributed by atoms with Gasteiger partial charge < -0.3 is 14.1 Å². The maximum atomic E-state index is 12.4. The van der Waals surface area contributed by atoms with Gasteiger partial charge in [0, 0.05) is 11.3 Å². The van der Waals surface area contributed by atoms with Crippen molar-refractivity contribution in [1.29, 1.82) is 0 Å². The topological polar surface area (TPSA) is 103 Å². The quantitative estimate of drug-likeness (QED) is 0.322. The Balaban J connectivity index is 1.66. The molecule has 8 nitrogen and oxygen atoms in total. The van der Waals surface area contributed by atoms with E-state index in [9.17, 15) is 9.59 Å². The zero-order chi connectivity index (χ0) is 18.8. The van der Waals surface area contributed by atoms with Crippen LogP contribution in [0.2, 0.25) is 0 Å². The van der Waals surface area contributed by atoms with Crippen LogP contribution in [0, 0.1) is 0 Å². The van der Waals surface area contributed by atoms with E-state index in [-0.39, 0.29) is 11.3 Å². The molecule has 0 unspecified atom stereocenters. The van der Waals surface area contributed by atoms with Gasteiger partial charge >= 0.3 is 5.97 Å². The minimum atomic E-state index is -0.547. The number of furan rings is 1. The number of thioether (sulfide) groups is 1. The molecule has 0 bridgehead atoms. The number of benzene rings is 1. The molecule has 136 valence electrons. The maximum absolute atomic E-state index is 12.4. The largest absolute Gasteiger partial charge is 0.463 e. The van der Waals surface area contributed by atoms with Gasteiger partial charge in [-0.05, 0) is 18.2 Å². The number of methoxy groups -OCH3 is 1. The van der Waals surface area contributed by atoms with Crippen molar-refractivity contribution in [2.24, 2.45) is 0 Å². The Morgan fingerprint density at radius 3 is 2.89 bits per heavy atom. The number of hydrogen-bond donors (Lipinski definition) is 1. The number of carbonyl (C=O) groups is 1. The SMILES string of the molecule is COC(=O)c1occc1CSc1nc2c(cnn2-c2ccccc2)c(=O)[nH]1. The lowest BCUT2D eigenvalue weighted by Gasteiger charge is -2.04. The predicted molar refractivity (Wildman–Crippen MR) is 99.1 cm³/mol. The van der Waals surface area contributed by atoms with Gasteiger partial charge in [0.25, 0.3) is 5.56 Å². The first-order chi connectivity index (χ1) is 13.2. The molecule has 27 heavy (non-hydrogen) atoms. The summed E-state index contributed by atoms with van der Waals surface area (Å²) in [5.74, 6) is -0.0214. The van der Waals surface area contributed by atoms with Crippen LogP contribution >= 0.6 is 11.8 Å². The monoisotopic (exact) mass is 382 g/mol. The molecule has 0 radical (unpaired) electrons. The van der Waals surface area contributed by atoms with Crippen molar-refractivity contribution in [3.8, 4) is 5.69 Å². The smallest absolute Gasteiger partial charge is 0.374 e. The van der Waals surface area contributed by atoms with Crippen LogP contribution in [-0.4, -0.2) is 32.8 Å². The Kier molecular flexibility index (Phi) is 4.51. The second kappa shape index (κ2) is 7.12. The highest BCUT2D eigenvalue weighted by Gasteiger charge is 2.17. The number of hydrogen-bond acceptors (Lipinski definition) is 7. The van der Waals surface area contributed by atoms with Crippen molar-refractivity contribution < 1.29 is 13.9 Å². The first-order valence-corrected chi connectivity index (χ1v) is 8.97. The van der Waals surface area contributed by atoms with E-state index in [1.54, 1.807) is 10.7 Å². The van der Waals surface area contributed by atoms with Crippen molar-refractivity contribution in [2.45, 2.75) is 10.9 Å². The van der Waals surface area contributed by atoms with Gasteiger partial charge in [-0.2, -0.15) is 5.10 Å². The number of nitrogens with one attached hydrogen (secondary N) is 1. The van der Waals surface area contributed by atoms with E-state index < -0.39 is 5.97 Å². The molecule has 0 amide bonds. The lowest BCUT2D eigenvalue weighted by Crippen LogP contribution is -2.10. The van der Waals surface area contributed by atoms with Crippen molar-refractivity contribution >= 4 is 28.8 Å². The number of aromatic nitrogens is 4. The maximum Gasteiger partial charge on any atom is 0.374 e. The number of para-hydroxylation sites is 1. The zero-order valence-corrected chi connectivity index (χ0v) is 15.0. The minimum absolute atomic E-state index is 0.141. The fraction of sp³-hybridized carbons (Fsp3) is 0.111. The molecule has 4 aromatic rings. The zero-order valence-electron chi connectivity index (χ0n) is 14.2. The highest BCUT2D eigenvalue weighted by molar-refractivity contribution is 7.98. The molecule has 3 heterocycles. The summed E-state index contributed by atoms with van der Waals surface area (Å²) in [6.45, 7) is 0. The lowest BCUT2D eigenvalue weighted by atomic mass is 10.3. The van der Waals surface area contributed by atoms with E-state index in [4.69, 9.17) is 9.15 Å². The van der Waals surface area contributed by atoms with Crippen LogP contribution in [0.5, 0.6) is 0 Å². The number of fused-ring (bicyclic) bond motifs is 1. The van der Waals surface area contributed by atoms with Gasteiger partial charge in [0.2, 0.25) is 5.76 Å². The van der Waals surface area contributed by atoms with Gasteiger partial charge in [0.1, 0.15) is 5.39 Å². The number of esters is 1. The van der Waals surface area contributed by atoms with Crippen LogP contribution in [-0.2, 0) is 10.5 Å². The molecular formula is C18H14N4O4S. The Morgan fingerprint density at radius 2 is 2.11 bits per heavy atom. The van der Waals surface area contributed by atoms with Crippen molar-refractivity contribution in [2.75, 3.05) is 7.11 Å². The summed E-state index contributed by atoms with van der Waals surface area (Å²) in [5, 5.41) is 5.10. The summed E-state index contributed by atoms with van der Waals surface area (Å²) in [7, 11) is 1.29. The number of nitrogens with zero attached hydrogens (tertiary/aromatic N) is 3. The predicted octanol–water partition coefficient (Wildman–Crippen LogP) is 2.78. The molecule has 9 heteroatoms. The van der Waals surface area contributed by atoms with Crippen LogP contribution in [0.1, 0.15) is 16.1 Å².